The number of likely N-dealkylation sites (tertiary alicyclic amines) is 1. The van der Waals surface area contributed by atoms with E-state index < -0.39 is 16.6 Å². The summed E-state index contributed by atoms with van der Waals surface area (Å²) in [6, 6.07) is 7.59. The number of anilines is 1. The van der Waals surface area contributed by atoms with E-state index in [4.69, 9.17) is 26.1 Å². The van der Waals surface area contributed by atoms with Crippen LogP contribution in [0, 0.1) is 0 Å². The van der Waals surface area contributed by atoms with E-state index in [1.807, 2.05) is 54.8 Å². The largest absolute Gasteiger partial charge is 0.444 e. The Hall–Kier alpha value is -3.17. The van der Waals surface area contributed by atoms with E-state index in [-0.39, 0.29) is 18.0 Å². The molecule has 2 aromatic heterocycles. The standard InChI is InChI=1S/C28H30ClN5O4/c1-26(2,3)38-25(36)33-13-18(11-27(33)15-37-16-27)34-21-5-4-17(29)10-20(21)31-23(34)14-32-22-12-30-9-6-19(22)28(7-8-28)24(32)35/h4-6,9-10,12,18H,7-8,11,13-16H2,1-3H3. The third kappa shape index (κ3) is 3.48. The van der Waals surface area contributed by atoms with Crippen molar-refractivity contribution in [3.05, 3.63) is 53.1 Å². The Bertz CT molecular complexity index is 1490. The molecule has 1 aliphatic carbocycles. The number of nitrogens with zero attached hydrogens (tertiary/aromatic N) is 5. The Morgan fingerprint density at radius 1 is 1.24 bits per heavy atom. The van der Waals surface area contributed by atoms with Crippen molar-refractivity contribution in [3.8, 4) is 0 Å². The van der Waals surface area contributed by atoms with Crippen LogP contribution in [0.5, 0.6) is 0 Å². The number of rotatable bonds is 3. The van der Waals surface area contributed by atoms with E-state index in [0.717, 1.165) is 41.0 Å². The summed E-state index contributed by atoms with van der Waals surface area (Å²) in [6.45, 7) is 7.36. The van der Waals surface area contributed by atoms with E-state index >= 15 is 0 Å². The zero-order chi connectivity index (χ0) is 26.4. The number of halogens is 1. The molecule has 1 atom stereocenters. The molecular weight excluding hydrogens is 506 g/mol. The summed E-state index contributed by atoms with van der Waals surface area (Å²) < 4.78 is 13.6. The predicted molar refractivity (Wildman–Crippen MR) is 141 cm³/mol. The van der Waals surface area contributed by atoms with E-state index in [1.54, 1.807) is 12.4 Å². The molecule has 5 heterocycles. The fourth-order valence-corrected chi connectivity index (χ4v) is 6.59. The van der Waals surface area contributed by atoms with Gasteiger partial charge in [0, 0.05) is 17.8 Å². The van der Waals surface area contributed by atoms with Gasteiger partial charge in [-0.05, 0) is 69.9 Å². The van der Waals surface area contributed by atoms with Gasteiger partial charge in [-0.15, -0.1) is 0 Å². The lowest BCUT2D eigenvalue weighted by Crippen LogP contribution is -2.61. The summed E-state index contributed by atoms with van der Waals surface area (Å²) >= 11 is 6.34. The van der Waals surface area contributed by atoms with Gasteiger partial charge in [-0.2, -0.15) is 0 Å². The van der Waals surface area contributed by atoms with Crippen LogP contribution in [0.4, 0.5) is 10.5 Å². The average molecular weight is 536 g/mol. The maximum absolute atomic E-state index is 13.6. The van der Waals surface area contributed by atoms with Crippen LogP contribution in [0.15, 0.2) is 36.7 Å². The molecule has 1 unspecified atom stereocenters. The SMILES string of the molecule is CC(C)(C)OC(=O)N1CC(n2c(CN3C(=O)C4(CC4)c4ccncc43)nc3cc(Cl)ccc32)CC12COC2. The average Bonchev–Trinajstić information content (AvgIpc) is 3.34. The molecule has 4 aliphatic rings. The predicted octanol–water partition coefficient (Wildman–Crippen LogP) is 4.61. The zero-order valence-corrected chi connectivity index (χ0v) is 22.5. The molecule has 198 valence electrons. The number of ether oxygens (including phenoxy) is 2. The molecule has 1 aromatic carbocycles. The van der Waals surface area contributed by atoms with Crippen LogP contribution in [0.3, 0.4) is 0 Å². The second-order valence-electron chi connectivity index (χ2n) is 12.1. The van der Waals surface area contributed by atoms with Crippen molar-refractivity contribution in [1.82, 2.24) is 19.4 Å². The number of imidazole rings is 1. The second kappa shape index (κ2) is 7.93. The lowest BCUT2D eigenvalue weighted by Gasteiger charge is -2.44. The van der Waals surface area contributed by atoms with Gasteiger partial charge < -0.3 is 18.9 Å². The van der Waals surface area contributed by atoms with Crippen molar-refractivity contribution < 1.29 is 19.1 Å². The van der Waals surface area contributed by atoms with E-state index in [1.165, 1.54) is 0 Å². The van der Waals surface area contributed by atoms with Crippen molar-refractivity contribution in [1.29, 1.82) is 0 Å². The second-order valence-corrected chi connectivity index (χ2v) is 12.5. The number of carbonyl (C=O) groups excluding carboxylic acids is 2. The van der Waals surface area contributed by atoms with Crippen LogP contribution in [0.2, 0.25) is 5.02 Å². The monoisotopic (exact) mass is 535 g/mol. The fraction of sp³-hybridized carbons (Fsp3) is 0.500. The first-order chi connectivity index (χ1) is 18.1. The quantitative estimate of drug-likeness (QED) is 0.486. The molecule has 3 aliphatic heterocycles. The fourth-order valence-electron chi connectivity index (χ4n) is 6.42. The van der Waals surface area contributed by atoms with Gasteiger partial charge in [0.1, 0.15) is 11.4 Å². The third-order valence-corrected chi connectivity index (χ3v) is 8.57. The highest BCUT2D eigenvalue weighted by Crippen LogP contribution is 2.57. The summed E-state index contributed by atoms with van der Waals surface area (Å²) in [5.41, 5.74) is 2.19. The summed E-state index contributed by atoms with van der Waals surface area (Å²) in [5.74, 6) is 0.873. The van der Waals surface area contributed by atoms with Crippen LogP contribution >= 0.6 is 11.6 Å². The summed E-state index contributed by atoms with van der Waals surface area (Å²) in [6.07, 6.45) is 5.65. The van der Waals surface area contributed by atoms with Crippen LogP contribution in [-0.2, 0) is 26.2 Å². The van der Waals surface area contributed by atoms with Gasteiger partial charge in [0.2, 0.25) is 5.91 Å². The number of benzene rings is 1. The molecule has 7 rings (SSSR count). The highest BCUT2D eigenvalue weighted by molar-refractivity contribution is 6.31. The van der Waals surface area contributed by atoms with Crippen LogP contribution in [0.1, 0.15) is 57.5 Å². The van der Waals surface area contributed by atoms with E-state index in [0.29, 0.717) is 37.7 Å². The minimum absolute atomic E-state index is 0.0615. The Morgan fingerprint density at radius 3 is 2.71 bits per heavy atom. The van der Waals surface area contributed by atoms with Crippen LogP contribution < -0.4 is 4.90 Å². The summed E-state index contributed by atoms with van der Waals surface area (Å²) in [5, 5.41) is 0.600. The van der Waals surface area contributed by atoms with E-state index in [2.05, 4.69) is 9.55 Å². The Morgan fingerprint density at radius 2 is 2.03 bits per heavy atom. The molecule has 9 nitrogen and oxygen atoms in total. The lowest BCUT2D eigenvalue weighted by atomic mass is 9.93. The zero-order valence-electron chi connectivity index (χ0n) is 21.7. The molecule has 2 saturated heterocycles. The number of pyridine rings is 1. The lowest BCUT2D eigenvalue weighted by molar-refractivity contribution is -0.120. The third-order valence-electron chi connectivity index (χ3n) is 8.34. The van der Waals surface area contributed by atoms with Gasteiger partial charge in [-0.1, -0.05) is 11.6 Å². The number of carbonyl (C=O) groups is 2. The normalized spacial score (nSPS) is 22.8. The van der Waals surface area contributed by atoms with Crippen molar-refractivity contribution in [2.45, 2.75) is 69.2 Å². The minimum Gasteiger partial charge on any atom is -0.444 e. The van der Waals surface area contributed by atoms with Gasteiger partial charge in [-0.3, -0.25) is 14.7 Å². The number of hydrogen-bond donors (Lipinski definition) is 0. The van der Waals surface area contributed by atoms with Gasteiger partial charge in [0.25, 0.3) is 0 Å². The van der Waals surface area contributed by atoms with E-state index in [9.17, 15) is 9.59 Å². The molecule has 0 radical (unpaired) electrons. The maximum atomic E-state index is 13.6. The molecule has 10 heteroatoms. The number of fused-ring (bicyclic) bond motifs is 3. The molecule has 1 saturated carbocycles. The van der Waals surface area contributed by atoms with Crippen LogP contribution in [0.25, 0.3) is 11.0 Å². The molecule has 3 aromatic rings. The Balaban J connectivity index is 1.28. The first-order valence-electron chi connectivity index (χ1n) is 13.1. The molecule has 2 spiro atoms. The topological polar surface area (TPSA) is 89.8 Å². The first-order valence-corrected chi connectivity index (χ1v) is 13.5. The number of amides is 2. The first kappa shape index (κ1) is 23.9. The van der Waals surface area contributed by atoms with Crippen LogP contribution in [-0.4, -0.2) is 62.3 Å². The Labute approximate surface area is 225 Å². The smallest absolute Gasteiger partial charge is 0.410 e. The van der Waals surface area contributed by atoms with Gasteiger partial charge in [-0.25, -0.2) is 9.78 Å². The maximum Gasteiger partial charge on any atom is 0.410 e. The summed E-state index contributed by atoms with van der Waals surface area (Å²) in [4.78, 5) is 39.9. The van der Waals surface area contributed by atoms with Gasteiger partial charge in [0.05, 0.1) is 59.7 Å². The highest BCUT2D eigenvalue weighted by atomic mass is 35.5. The van der Waals surface area contributed by atoms with Gasteiger partial charge >= 0.3 is 6.09 Å². The molecule has 0 N–H and O–H groups in total. The van der Waals surface area contributed by atoms with Crippen molar-refractivity contribution >= 4 is 40.3 Å². The molecular formula is C28H30ClN5O4. The highest BCUT2D eigenvalue weighted by Gasteiger charge is 2.59. The minimum atomic E-state index is -0.596. The van der Waals surface area contributed by atoms with Crippen molar-refractivity contribution in [2.24, 2.45) is 0 Å². The Kier molecular flexibility index (Phi) is 4.99. The number of aromatic nitrogens is 3. The molecule has 38 heavy (non-hydrogen) atoms. The van der Waals surface area contributed by atoms with Crippen molar-refractivity contribution in [3.63, 3.8) is 0 Å². The van der Waals surface area contributed by atoms with Crippen molar-refractivity contribution in [2.75, 3.05) is 24.7 Å². The number of hydrogen-bond acceptors (Lipinski definition) is 6. The molecule has 2 amide bonds. The molecule has 0 bridgehead atoms. The molecule has 3 fully saturated rings. The van der Waals surface area contributed by atoms with Gasteiger partial charge in [0.15, 0.2) is 0 Å². The summed E-state index contributed by atoms with van der Waals surface area (Å²) in [7, 11) is 0.